The number of hydrogen-bond acceptors (Lipinski definition) is 7. The van der Waals surface area contributed by atoms with Gasteiger partial charge in [-0.2, -0.15) is 0 Å². The zero-order valence-electron chi connectivity index (χ0n) is 20.5. The van der Waals surface area contributed by atoms with E-state index in [1.807, 2.05) is 21.2 Å². The Bertz CT molecular complexity index is 1070. The summed E-state index contributed by atoms with van der Waals surface area (Å²) in [6, 6.07) is 11.4. The molecule has 0 unspecified atom stereocenters. The second-order valence-electron chi connectivity index (χ2n) is 8.90. The molecule has 1 aliphatic rings. The molecule has 1 aromatic carbocycles. The summed E-state index contributed by atoms with van der Waals surface area (Å²) in [4.78, 5) is 18.6. The first kappa shape index (κ1) is 26.3. The largest absolute Gasteiger partial charge is 0.491 e. The van der Waals surface area contributed by atoms with Crippen molar-refractivity contribution in [2.24, 2.45) is 0 Å². The number of nitrogens with zero attached hydrogens (tertiary/aromatic N) is 2. The van der Waals surface area contributed by atoms with Crippen molar-refractivity contribution in [1.29, 1.82) is 0 Å². The van der Waals surface area contributed by atoms with Crippen LogP contribution in [0.5, 0.6) is 5.75 Å². The Hall–Kier alpha value is -2.72. The lowest BCUT2D eigenvalue weighted by atomic mass is 10.0. The van der Waals surface area contributed by atoms with E-state index in [2.05, 4.69) is 13.0 Å². The van der Waals surface area contributed by atoms with Crippen LogP contribution in [0.2, 0.25) is 0 Å². The Balaban J connectivity index is 1.36. The van der Waals surface area contributed by atoms with Gasteiger partial charge in [-0.15, -0.1) is 11.3 Å². The fourth-order valence-corrected chi connectivity index (χ4v) is 5.38. The average molecular weight is 517 g/mol. The number of thiophene rings is 1. The van der Waals surface area contributed by atoms with E-state index in [0.29, 0.717) is 37.8 Å². The second-order valence-corrected chi connectivity index (χ2v) is 9.90. The van der Waals surface area contributed by atoms with Crippen LogP contribution in [0.15, 0.2) is 58.5 Å². The van der Waals surface area contributed by atoms with Crippen LogP contribution in [0.1, 0.15) is 35.6 Å². The summed E-state index contributed by atoms with van der Waals surface area (Å²) < 4.78 is 30.0. The number of aliphatic hydroxyl groups is 1. The van der Waals surface area contributed by atoms with E-state index in [9.17, 15) is 14.3 Å². The molecule has 1 amide bonds. The van der Waals surface area contributed by atoms with Crippen LogP contribution >= 0.6 is 11.3 Å². The zero-order chi connectivity index (χ0) is 25.3. The molecule has 194 valence electrons. The molecule has 0 saturated carbocycles. The molecular weight excluding hydrogens is 483 g/mol. The molecule has 0 fully saturated rings. The fraction of sp³-hybridized carbons (Fsp3) is 0.444. The third-order valence-electron chi connectivity index (χ3n) is 6.14. The van der Waals surface area contributed by atoms with Gasteiger partial charge in [0.2, 0.25) is 5.91 Å². The van der Waals surface area contributed by atoms with E-state index < -0.39 is 6.10 Å². The maximum absolute atomic E-state index is 13.5. The maximum atomic E-state index is 13.5. The summed E-state index contributed by atoms with van der Waals surface area (Å²) in [6.07, 6.45) is 2.53. The third kappa shape index (κ3) is 7.16. The third-order valence-corrected chi connectivity index (χ3v) is 7.14. The van der Waals surface area contributed by atoms with Gasteiger partial charge in [-0.05, 0) is 72.8 Å². The number of amides is 1. The number of benzene rings is 1. The van der Waals surface area contributed by atoms with Gasteiger partial charge < -0.3 is 23.9 Å². The van der Waals surface area contributed by atoms with Gasteiger partial charge in [-0.1, -0.05) is 6.92 Å². The minimum Gasteiger partial charge on any atom is -0.491 e. The highest BCUT2D eigenvalue weighted by Gasteiger charge is 2.33. The second kappa shape index (κ2) is 13.0. The summed E-state index contributed by atoms with van der Waals surface area (Å²) in [5.74, 6) is 0.948. The number of aliphatic hydroxyl groups excluding tert-OH is 1. The van der Waals surface area contributed by atoms with E-state index in [4.69, 9.17) is 13.9 Å². The van der Waals surface area contributed by atoms with Gasteiger partial charge in [0, 0.05) is 18.0 Å². The lowest BCUT2D eigenvalue weighted by molar-refractivity contribution is -0.136. The van der Waals surface area contributed by atoms with Gasteiger partial charge in [0.15, 0.2) is 0 Å². The van der Waals surface area contributed by atoms with Crippen LogP contribution in [-0.2, 0) is 22.6 Å². The monoisotopic (exact) mass is 516 g/mol. The van der Waals surface area contributed by atoms with Crippen molar-refractivity contribution in [3.8, 4) is 5.75 Å². The molecule has 0 spiro atoms. The summed E-state index contributed by atoms with van der Waals surface area (Å²) in [6.45, 7) is 4.64. The van der Waals surface area contributed by atoms with E-state index >= 15 is 0 Å². The smallest absolute Gasteiger partial charge is 0.237 e. The number of hydrogen-bond donors (Lipinski definition) is 1. The van der Waals surface area contributed by atoms with Crippen molar-refractivity contribution in [3.05, 3.63) is 76.1 Å². The number of carbonyl (C=O) groups is 1. The Morgan fingerprint density at radius 1 is 1.31 bits per heavy atom. The number of halogens is 1. The Labute approximate surface area is 215 Å². The highest BCUT2D eigenvalue weighted by atomic mass is 32.1. The number of ether oxygens (including phenoxy) is 2. The molecule has 3 aromatic rings. The molecule has 2 aromatic heterocycles. The summed E-state index contributed by atoms with van der Waals surface area (Å²) in [5.41, 5.74) is 1.11. The van der Waals surface area contributed by atoms with E-state index in [-0.39, 0.29) is 37.5 Å². The predicted octanol–water partition coefficient (Wildman–Crippen LogP) is 4.27. The topological polar surface area (TPSA) is 75.4 Å². The van der Waals surface area contributed by atoms with E-state index in [1.54, 1.807) is 35.8 Å². The molecule has 1 aliphatic heterocycles. The van der Waals surface area contributed by atoms with Gasteiger partial charge in [-0.25, -0.2) is 4.39 Å². The average Bonchev–Trinajstić information content (AvgIpc) is 3.56. The molecular formula is C27H33FN2O5S. The van der Waals surface area contributed by atoms with Gasteiger partial charge in [0.1, 0.15) is 30.5 Å². The van der Waals surface area contributed by atoms with Crippen LogP contribution in [0.4, 0.5) is 4.39 Å². The molecule has 2 atom stereocenters. The van der Waals surface area contributed by atoms with Gasteiger partial charge in [0.05, 0.1) is 31.6 Å². The van der Waals surface area contributed by atoms with Crippen LogP contribution < -0.4 is 4.74 Å². The summed E-state index contributed by atoms with van der Waals surface area (Å²) in [7, 11) is 0. The Morgan fingerprint density at radius 3 is 2.89 bits per heavy atom. The highest BCUT2D eigenvalue weighted by molar-refractivity contribution is 7.10. The minimum atomic E-state index is -0.721. The lowest BCUT2D eigenvalue weighted by Gasteiger charge is -2.37. The van der Waals surface area contributed by atoms with Crippen LogP contribution in [0, 0.1) is 5.82 Å². The van der Waals surface area contributed by atoms with Crippen molar-refractivity contribution < 1.29 is 28.2 Å². The first-order valence-electron chi connectivity index (χ1n) is 12.3. The van der Waals surface area contributed by atoms with Gasteiger partial charge in [-0.3, -0.25) is 9.69 Å². The molecule has 36 heavy (non-hydrogen) atoms. The predicted molar refractivity (Wildman–Crippen MR) is 135 cm³/mol. The lowest BCUT2D eigenvalue weighted by Crippen LogP contribution is -2.48. The normalized spacial score (nSPS) is 16.2. The minimum absolute atomic E-state index is 0.00305. The molecule has 0 saturated heterocycles. The quantitative estimate of drug-likeness (QED) is 0.366. The van der Waals surface area contributed by atoms with Crippen LogP contribution in [0.3, 0.4) is 0 Å². The zero-order valence-corrected chi connectivity index (χ0v) is 21.3. The first-order valence-corrected chi connectivity index (χ1v) is 13.2. The van der Waals surface area contributed by atoms with Crippen molar-refractivity contribution in [1.82, 2.24) is 9.80 Å². The summed E-state index contributed by atoms with van der Waals surface area (Å²) in [5, 5.41) is 12.6. The fourth-order valence-electron chi connectivity index (χ4n) is 4.45. The van der Waals surface area contributed by atoms with Crippen molar-refractivity contribution >= 4 is 17.2 Å². The molecule has 1 N–H and O–H groups in total. The molecule has 7 nitrogen and oxygen atoms in total. The van der Waals surface area contributed by atoms with Gasteiger partial charge >= 0.3 is 0 Å². The molecule has 0 bridgehead atoms. The molecule has 4 rings (SSSR count). The number of rotatable bonds is 13. The van der Waals surface area contributed by atoms with Crippen molar-refractivity contribution in [3.63, 3.8) is 0 Å². The van der Waals surface area contributed by atoms with Crippen molar-refractivity contribution in [2.45, 2.75) is 38.5 Å². The molecule has 0 radical (unpaired) electrons. The van der Waals surface area contributed by atoms with E-state index in [0.717, 1.165) is 18.4 Å². The number of carbonyl (C=O) groups excluding carboxylic acids is 1. The summed E-state index contributed by atoms with van der Waals surface area (Å²) >= 11 is 1.70. The standard InChI is InChI=1S/C27H33FN2O5S/c1-2-11-29(15-21(31)17-33-18-23-4-3-13-34-23)16-27(32)30-12-9-26-24(10-14-36-26)25(30)19-35-22-7-5-20(28)6-8-22/h3-8,10,13-14,21,25,31H,2,9,11-12,15-19H2,1H3/t21-,25+/m1/s1. The van der Waals surface area contributed by atoms with Crippen LogP contribution in [0.25, 0.3) is 0 Å². The highest BCUT2D eigenvalue weighted by Crippen LogP contribution is 2.34. The Morgan fingerprint density at radius 2 is 2.14 bits per heavy atom. The maximum Gasteiger partial charge on any atom is 0.237 e. The first-order chi connectivity index (χ1) is 17.5. The number of furan rings is 1. The Kier molecular flexibility index (Phi) is 9.52. The van der Waals surface area contributed by atoms with Crippen molar-refractivity contribution in [2.75, 3.05) is 39.4 Å². The van der Waals surface area contributed by atoms with Crippen LogP contribution in [-0.4, -0.2) is 66.3 Å². The van der Waals surface area contributed by atoms with Gasteiger partial charge in [0.25, 0.3) is 0 Å². The molecule has 9 heteroatoms. The van der Waals surface area contributed by atoms with E-state index in [1.165, 1.54) is 17.0 Å². The SMILES string of the molecule is CCCN(CC(=O)N1CCc2sccc2[C@@H]1COc1ccc(F)cc1)C[C@@H](O)COCc1ccco1. The number of fused-ring (bicyclic) bond motifs is 1. The molecule has 0 aliphatic carbocycles. The molecule has 3 heterocycles.